The summed E-state index contributed by atoms with van der Waals surface area (Å²) in [5.41, 5.74) is 0. The van der Waals surface area contributed by atoms with Crippen LogP contribution in [0.4, 0.5) is 39.5 Å². The van der Waals surface area contributed by atoms with Gasteiger partial charge in [-0.25, -0.2) is 0 Å². The Labute approximate surface area is 105 Å². The number of hydrogen-bond acceptors (Lipinski definition) is 0. The first kappa shape index (κ1) is 18.6. The monoisotopic (exact) mass is 320 g/mol. The molecule has 0 N–H and O–H groups in total. The van der Waals surface area contributed by atoms with Crippen molar-refractivity contribution in [2.75, 3.05) is 0 Å². The minimum atomic E-state index is -4.54. The highest BCUT2D eigenvalue weighted by Crippen LogP contribution is 2.31. The summed E-state index contributed by atoms with van der Waals surface area (Å²) in [6.45, 7) is 0. The van der Waals surface area contributed by atoms with Crippen molar-refractivity contribution in [3.05, 3.63) is 0 Å². The Balaban J connectivity index is 4.30. The van der Waals surface area contributed by atoms with Gasteiger partial charge in [-0.15, -0.1) is 0 Å². The van der Waals surface area contributed by atoms with Crippen molar-refractivity contribution >= 4 is 8.80 Å². The van der Waals surface area contributed by atoms with Gasteiger partial charge in [0.15, 0.2) is 0 Å². The summed E-state index contributed by atoms with van der Waals surface area (Å²) in [6, 6.07) is -1.72. The van der Waals surface area contributed by atoms with Crippen molar-refractivity contribution in [1.82, 2.24) is 0 Å². The number of halogens is 9. The fraction of sp³-hybridized carbons (Fsp3) is 1.00. The molecule has 0 unspecified atom stereocenters. The first-order valence-electron chi connectivity index (χ1n) is 5.49. The number of hydrogen-bond donors (Lipinski definition) is 0. The second-order valence-corrected chi connectivity index (χ2v) is 7.79. The summed E-state index contributed by atoms with van der Waals surface area (Å²) >= 11 is 0. The van der Waals surface area contributed by atoms with E-state index in [2.05, 4.69) is 0 Å². The molecule has 0 atom stereocenters. The van der Waals surface area contributed by atoms with Crippen LogP contribution in [0.3, 0.4) is 0 Å². The zero-order chi connectivity index (χ0) is 15.3. The van der Waals surface area contributed by atoms with Crippen LogP contribution in [0.15, 0.2) is 0 Å². The lowest BCUT2D eigenvalue weighted by molar-refractivity contribution is -0.132. The van der Waals surface area contributed by atoms with E-state index in [4.69, 9.17) is 0 Å². The van der Waals surface area contributed by atoms with Crippen LogP contribution in [0, 0.1) is 0 Å². The molecule has 0 amide bonds. The molecular weight excluding hydrogens is 307 g/mol. The summed E-state index contributed by atoms with van der Waals surface area (Å²) in [5.74, 6) is 0. The Morgan fingerprint density at radius 3 is 0.842 bits per heavy atom. The Hall–Kier alpha value is -0.413. The third kappa shape index (κ3) is 13.8. The van der Waals surface area contributed by atoms with E-state index in [1.54, 1.807) is 0 Å². The molecule has 0 nitrogen and oxygen atoms in total. The molecule has 0 aliphatic carbocycles. The molecule has 0 saturated heterocycles. The smallest absolute Gasteiger partial charge is 0.171 e. The standard InChI is InChI=1S/C9H13F9Si/c10-7(11,12)1-4-19(5-2-8(13,14)15)6-3-9(16,17)18/h19H,1-6H2. The van der Waals surface area contributed by atoms with Crippen LogP contribution in [-0.4, -0.2) is 27.3 Å². The van der Waals surface area contributed by atoms with Crippen molar-refractivity contribution in [3.63, 3.8) is 0 Å². The Morgan fingerprint density at radius 1 is 0.474 bits per heavy atom. The molecule has 10 heteroatoms. The van der Waals surface area contributed by atoms with Crippen LogP contribution >= 0.6 is 0 Å². The van der Waals surface area contributed by atoms with Gasteiger partial charge in [0.25, 0.3) is 0 Å². The normalized spacial score (nSPS) is 14.2. The van der Waals surface area contributed by atoms with Crippen LogP contribution in [0.25, 0.3) is 0 Å². The zero-order valence-corrected chi connectivity index (χ0v) is 10.9. The van der Waals surface area contributed by atoms with Crippen LogP contribution in [0.2, 0.25) is 18.1 Å². The Bertz CT molecular complexity index is 209. The fourth-order valence-electron chi connectivity index (χ4n) is 1.54. The molecule has 19 heavy (non-hydrogen) atoms. The van der Waals surface area contributed by atoms with E-state index in [-0.39, 0.29) is 0 Å². The van der Waals surface area contributed by atoms with Crippen molar-refractivity contribution < 1.29 is 39.5 Å². The maximum Gasteiger partial charge on any atom is 0.388 e. The lowest BCUT2D eigenvalue weighted by Gasteiger charge is -2.18. The summed E-state index contributed by atoms with van der Waals surface area (Å²) in [5, 5.41) is 0. The molecule has 0 aliphatic rings. The highest BCUT2D eigenvalue weighted by atomic mass is 28.3. The van der Waals surface area contributed by atoms with Gasteiger partial charge in [-0.2, -0.15) is 39.5 Å². The lowest BCUT2D eigenvalue weighted by atomic mass is 10.5. The molecule has 0 aromatic carbocycles. The molecule has 0 heterocycles. The van der Waals surface area contributed by atoms with Crippen molar-refractivity contribution in [1.29, 1.82) is 0 Å². The van der Waals surface area contributed by atoms with E-state index in [9.17, 15) is 39.5 Å². The largest absolute Gasteiger partial charge is 0.388 e. The molecule has 0 aliphatic heterocycles. The van der Waals surface area contributed by atoms with Crippen LogP contribution in [-0.2, 0) is 0 Å². The number of rotatable bonds is 6. The molecule has 0 bridgehead atoms. The quantitative estimate of drug-likeness (QED) is 0.473. The van der Waals surface area contributed by atoms with Gasteiger partial charge in [0.2, 0.25) is 0 Å². The van der Waals surface area contributed by atoms with Gasteiger partial charge >= 0.3 is 18.5 Å². The van der Waals surface area contributed by atoms with Crippen molar-refractivity contribution in [3.8, 4) is 0 Å². The summed E-state index contributed by atoms with van der Waals surface area (Å²) < 4.78 is 107. The predicted molar refractivity (Wildman–Crippen MR) is 53.6 cm³/mol. The molecule has 0 fully saturated rings. The van der Waals surface area contributed by atoms with E-state index in [1.165, 1.54) is 0 Å². The Kier molecular flexibility index (Phi) is 6.70. The highest BCUT2D eigenvalue weighted by molar-refractivity contribution is 6.58. The molecule has 0 saturated carbocycles. The van der Waals surface area contributed by atoms with Gasteiger partial charge in [0.1, 0.15) is 0 Å². The van der Waals surface area contributed by atoms with Crippen LogP contribution in [0.1, 0.15) is 19.3 Å². The summed E-state index contributed by atoms with van der Waals surface area (Å²) in [6.07, 6.45) is -17.5. The first-order valence-corrected chi connectivity index (χ1v) is 7.94. The fourth-order valence-corrected chi connectivity index (χ4v) is 4.61. The van der Waals surface area contributed by atoms with E-state index in [1.807, 2.05) is 0 Å². The van der Waals surface area contributed by atoms with Gasteiger partial charge in [0, 0.05) is 28.1 Å². The average Bonchev–Trinajstić information content (AvgIpc) is 2.11. The minimum Gasteiger partial charge on any atom is -0.171 e. The van der Waals surface area contributed by atoms with E-state index in [0.717, 1.165) is 0 Å². The van der Waals surface area contributed by atoms with Gasteiger partial charge in [-0.05, 0) is 0 Å². The van der Waals surface area contributed by atoms with Crippen LogP contribution < -0.4 is 0 Å². The maximum absolute atomic E-state index is 11.9. The second kappa shape index (κ2) is 6.85. The van der Waals surface area contributed by atoms with Gasteiger partial charge in [-0.3, -0.25) is 0 Å². The Morgan fingerprint density at radius 2 is 0.684 bits per heavy atom. The molecule has 0 rings (SSSR count). The molecule has 116 valence electrons. The van der Waals surface area contributed by atoms with Gasteiger partial charge in [-0.1, -0.05) is 18.1 Å². The lowest BCUT2D eigenvalue weighted by Crippen LogP contribution is -2.22. The number of alkyl halides is 9. The molecule has 0 spiro atoms. The molecule has 0 radical (unpaired) electrons. The van der Waals surface area contributed by atoms with Crippen molar-refractivity contribution in [2.24, 2.45) is 0 Å². The SMILES string of the molecule is FC(F)(F)CC[SiH](CCC(F)(F)F)CCC(F)(F)F. The molecular formula is C9H13F9Si. The van der Waals surface area contributed by atoms with Crippen LogP contribution in [0.5, 0.6) is 0 Å². The minimum absolute atomic E-state index is 0.574. The van der Waals surface area contributed by atoms with Crippen molar-refractivity contribution in [2.45, 2.75) is 55.9 Å². The molecule has 0 aromatic heterocycles. The van der Waals surface area contributed by atoms with Gasteiger partial charge < -0.3 is 0 Å². The highest BCUT2D eigenvalue weighted by Gasteiger charge is 2.34. The topological polar surface area (TPSA) is 0 Å². The summed E-state index contributed by atoms with van der Waals surface area (Å²) in [7, 11) is -2.69. The summed E-state index contributed by atoms with van der Waals surface area (Å²) in [4.78, 5) is 0. The van der Waals surface area contributed by atoms with E-state index in [0.29, 0.717) is 0 Å². The maximum atomic E-state index is 11.9. The molecule has 0 aromatic rings. The second-order valence-electron chi connectivity index (χ2n) is 4.33. The predicted octanol–water partition coefficient (Wildman–Crippen LogP) is 5.07. The first-order chi connectivity index (χ1) is 8.29. The average molecular weight is 320 g/mol. The van der Waals surface area contributed by atoms with E-state index < -0.39 is 64.7 Å². The third-order valence-corrected chi connectivity index (χ3v) is 5.82. The van der Waals surface area contributed by atoms with Gasteiger partial charge in [0.05, 0.1) is 0 Å². The third-order valence-electron chi connectivity index (χ3n) is 2.51. The van der Waals surface area contributed by atoms with E-state index >= 15 is 0 Å². The zero-order valence-electron chi connectivity index (χ0n) is 9.72.